The van der Waals surface area contributed by atoms with Crippen LogP contribution in [0.25, 0.3) is 10.9 Å². The first-order chi connectivity index (χ1) is 8.12. The lowest BCUT2D eigenvalue weighted by molar-refractivity contribution is -0.137. The first-order valence-electron chi connectivity index (χ1n) is 5.89. The molecule has 1 aromatic carbocycles. The lowest BCUT2D eigenvalue weighted by atomic mass is 9.91. The smallest absolute Gasteiger partial charge is 0.304 e. The maximum atomic E-state index is 11.0. The third kappa shape index (κ3) is 1.54. The van der Waals surface area contributed by atoms with Crippen molar-refractivity contribution in [1.29, 1.82) is 0 Å². The van der Waals surface area contributed by atoms with E-state index in [1.165, 1.54) is 16.5 Å². The number of carboxylic acids is 1. The summed E-state index contributed by atoms with van der Waals surface area (Å²) < 4.78 is 2.09. The van der Waals surface area contributed by atoms with Gasteiger partial charge >= 0.3 is 5.97 Å². The van der Waals surface area contributed by atoms with Gasteiger partial charge in [0.05, 0.1) is 11.9 Å². The van der Waals surface area contributed by atoms with Crippen LogP contribution in [0.1, 0.15) is 24.8 Å². The number of aliphatic carboxylic acids is 1. The fraction of sp³-hybridized carbons (Fsp3) is 0.357. The molecule has 1 heterocycles. The topological polar surface area (TPSA) is 42.2 Å². The molecule has 0 bridgehead atoms. The van der Waals surface area contributed by atoms with Crippen molar-refractivity contribution in [3.8, 4) is 0 Å². The van der Waals surface area contributed by atoms with Crippen LogP contribution < -0.4 is 0 Å². The van der Waals surface area contributed by atoms with Crippen molar-refractivity contribution in [3.63, 3.8) is 0 Å². The van der Waals surface area contributed by atoms with Gasteiger partial charge in [-0.15, -0.1) is 0 Å². The highest BCUT2D eigenvalue weighted by molar-refractivity contribution is 5.86. The second-order valence-corrected chi connectivity index (χ2v) is 5.02. The molecule has 0 amide bonds. The fourth-order valence-corrected chi connectivity index (χ4v) is 2.77. The van der Waals surface area contributed by atoms with E-state index in [4.69, 9.17) is 5.11 Å². The van der Waals surface area contributed by atoms with Crippen molar-refractivity contribution >= 4 is 16.9 Å². The lowest BCUT2D eigenvalue weighted by Gasteiger charge is -2.15. The number of nitrogens with zero attached hydrogens (tertiary/aromatic N) is 1. The molecule has 0 atom stereocenters. The zero-order valence-electron chi connectivity index (χ0n) is 9.81. The van der Waals surface area contributed by atoms with E-state index in [1.807, 2.05) is 19.3 Å². The highest BCUT2D eigenvalue weighted by atomic mass is 16.4. The van der Waals surface area contributed by atoms with Gasteiger partial charge in [-0.05, 0) is 29.9 Å². The molecule has 0 saturated heterocycles. The van der Waals surface area contributed by atoms with Gasteiger partial charge in [0.2, 0.25) is 0 Å². The predicted octanol–water partition coefficient (Wildman–Crippen LogP) is 2.68. The number of fused-ring (bicyclic) bond motifs is 1. The molecule has 0 spiro atoms. The van der Waals surface area contributed by atoms with Crippen LogP contribution >= 0.6 is 0 Å². The van der Waals surface area contributed by atoms with E-state index < -0.39 is 5.97 Å². The van der Waals surface area contributed by atoms with Crippen molar-refractivity contribution in [1.82, 2.24) is 4.57 Å². The monoisotopic (exact) mass is 229 g/mol. The van der Waals surface area contributed by atoms with E-state index >= 15 is 0 Å². The minimum atomic E-state index is -0.700. The summed E-state index contributed by atoms with van der Waals surface area (Å²) in [6.45, 7) is 0. The van der Waals surface area contributed by atoms with Gasteiger partial charge in [0.15, 0.2) is 0 Å². The second-order valence-electron chi connectivity index (χ2n) is 5.02. The standard InChI is InChI=1S/C14H15NO2/c1-15-8-5-10-3-2-4-11(13(10)15)14(6-7-14)9-12(16)17/h2-5,8H,6-7,9H2,1H3,(H,16,17). The predicted molar refractivity (Wildman–Crippen MR) is 66.1 cm³/mol. The number of carbonyl (C=O) groups is 1. The molecule has 1 aliphatic rings. The lowest BCUT2D eigenvalue weighted by Crippen LogP contribution is -2.14. The van der Waals surface area contributed by atoms with Crippen LogP contribution in [0.3, 0.4) is 0 Å². The Morgan fingerprint density at radius 3 is 2.82 bits per heavy atom. The summed E-state index contributed by atoms with van der Waals surface area (Å²) in [4.78, 5) is 11.0. The van der Waals surface area contributed by atoms with Crippen LogP contribution in [0, 0.1) is 0 Å². The number of aromatic nitrogens is 1. The Hall–Kier alpha value is -1.77. The van der Waals surface area contributed by atoms with Crippen molar-refractivity contribution < 1.29 is 9.90 Å². The van der Waals surface area contributed by atoms with E-state index in [0.717, 1.165) is 12.8 Å². The van der Waals surface area contributed by atoms with E-state index in [0.29, 0.717) is 0 Å². The fourth-order valence-electron chi connectivity index (χ4n) is 2.77. The minimum Gasteiger partial charge on any atom is -0.481 e. The van der Waals surface area contributed by atoms with Crippen LogP contribution in [0.5, 0.6) is 0 Å². The molecule has 3 rings (SSSR count). The normalized spacial score (nSPS) is 17.2. The van der Waals surface area contributed by atoms with Crippen molar-refractivity contribution in [2.75, 3.05) is 0 Å². The second kappa shape index (κ2) is 3.36. The highest BCUT2D eigenvalue weighted by Gasteiger charge is 2.47. The molecular formula is C14H15NO2. The van der Waals surface area contributed by atoms with Crippen molar-refractivity contribution in [2.45, 2.75) is 24.7 Å². The van der Waals surface area contributed by atoms with Gasteiger partial charge in [-0.25, -0.2) is 0 Å². The van der Waals surface area contributed by atoms with Crippen molar-refractivity contribution in [3.05, 3.63) is 36.0 Å². The van der Waals surface area contributed by atoms with E-state index in [-0.39, 0.29) is 11.8 Å². The molecule has 88 valence electrons. The number of benzene rings is 1. The van der Waals surface area contributed by atoms with E-state index in [1.54, 1.807) is 0 Å². The summed E-state index contributed by atoms with van der Waals surface area (Å²) in [5, 5.41) is 10.2. The molecular weight excluding hydrogens is 214 g/mol. The maximum absolute atomic E-state index is 11.0. The van der Waals surface area contributed by atoms with E-state index in [9.17, 15) is 4.79 Å². The Morgan fingerprint density at radius 2 is 2.18 bits per heavy atom. The average Bonchev–Trinajstić information content (AvgIpc) is 2.96. The molecule has 17 heavy (non-hydrogen) atoms. The van der Waals surface area contributed by atoms with Crippen molar-refractivity contribution in [2.24, 2.45) is 7.05 Å². The SMILES string of the molecule is Cn1ccc2cccc(C3(CC(=O)O)CC3)c21. The molecule has 1 aliphatic carbocycles. The molecule has 3 nitrogen and oxygen atoms in total. The number of aryl methyl sites for hydroxylation is 1. The molecule has 0 aliphatic heterocycles. The summed E-state index contributed by atoms with van der Waals surface area (Å²) in [7, 11) is 2.02. The van der Waals surface area contributed by atoms with Crippen LogP contribution in [0.4, 0.5) is 0 Å². The summed E-state index contributed by atoms with van der Waals surface area (Å²) >= 11 is 0. The van der Waals surface area contributed by atoms with Gasteiger partial charge < -0.3 is 9.67 Å². The summed E-state index contributed by atoms with van der Waals surface area (Å²) in [6.07, 6.45) is 4.26. The molecule has 1 N–H and O–H groups in total. The molecule has 0 radical (unpaired) electrons. The quantitative estimate of drug-likeness (QED) is 0.879. The van der Waals surface area contributed by atoms with Crippen LogP contribution in [-0.2, 0) is 17.3 Å². The zero-order chi connectivity index (χ0) is 12.0. The average molecular weight is 229 g/mol. The Labute approximate surface area is 99.7 Å². The van der Waals surface area contributed by atoms with Gasteiger partial charge in [-0.1, -0.05) is 18.2 Å². The number of para-hydroxylation sites is 1. The molecule has 1 aromatic heterocycles. The van der Waals surface area contributed by atoms with Gasteiger partial charge in [0, 0.05) is 18.7 Å². The van der Waals surface area contributed by atoms with E-state index in [2.05, 4.69) is 22.8 Å². The third-order valence-corrected chi connectivity index (χ3v) is 3.81. The third-order valence-electron chi connectivity index (χ3n) is 3.81. The Bertz CT molecular complexity index is 593. The largest absolute Gasteiger partial charge is 0.481 e. The Kier molecular flexibility index (Phi) is 2.05. The number of rotatable bonds is 3. The maximum Gasteiger partial charge on any atom is 0.304 e. The number of carboxylic acid groups (broad SMARTS) is 1. The van der Waals surface area contributed by atoms with Crippen LogP contribution in [0.15, 0.2) is 30.5 Å². The molecule has 1 saturated carbocycles. The van der Waals surface area contributed by atoms with Gasteiger partial charge in [-0.3, -0.25) is 4.79 Å². The number of hydrogen-bond donors (Lipinski definition) is 1. The number of hydrogen-bond acceptors (Lipinski definition) is 1. The summed E-state index contributed by atoms with van der Waals surface area (Å²) in [5.41, 5.74) is 2.27. The molecule has 2 aromatic rings. The minimum absolute atomic E-state index is 0.114. The molecule has 0 unspecified atom stereocenters. The first-order valence-corrected chi connectivity index (χ1v) is 5.89. The van der Waals surface area contributed by atoms with Gasteiger partial charge in [0.1, 0.15) is 0 Å². The van der Waals surface area contributed by atoms with Crippen LogP contribution in [-0.4, -0.2) is 15.6 Å². The highest BCUT2D eigenvalue weighted by Crippen LogP contribution is 2.52. The van der Waals surface area contributed by atoms with Gasteiger partial charge in [-0.2, -0.15) is 0 Å². The Morgan fingerprint density at radius 1 is 1.41 bits per heavy atom. The van der Waals surface area contributed by atoms with Gasteiger partial charge in [0.25, 0.3) is 0 Å². The Balaban J connectivity index is 2.17. The zero-order valence-corrected chi connectivity index (χ0v) is 9.81. The van der Waals surface area contributed by atoms with Crippen LogP contribution in [0.2, 0.25) is 0 Å². The molecule has 3 heteroatoms. The summed E-state index contributed by atoms with van der Waals surface area (Å²) in [6, 6.07) is 8.27. The molecule has 1 fully saturated rings. The summed E-state index contributed by atoms with van der Waals surface area (Å²) in [5.74, 6) is -0.700. The first kappa shape index (κ1) is 10.4.